The van der Waals surface area contributed by atoms with E-state index in [0.717, 1.165) is 22.5 Å². The van der Waals surface area contributed by atoms with Gasteiger partial charge in [0.15, 0.2) is 10.7 Å². The van der Waals surface area contributed by atoms with E-state index in [1.54, 1.807) is 4.90 Å². The predicted molar refractivity (Wildman–Crippen MR) is 142 cm³/mol. The summed E-state index contributed by atoms with van der Waals surface area (Å²) in [6.45, 7) is 1.45. The van der Waals surface area contributed by atoms with E-state index in [0.29, 0.717) is 25.0 Å². The number of carbonyl (C=O) groups excluding carboxylic acids is 2. The SMILES string of the molecule is CN1CC(c2ccccc2)C2(SC3=NCN(c4ccccc4)CN3C2=O)C12C(=O)Nc1ccccc12. The molecule has 36 heavy (non-hydrogen) atoms. The highest BCUT2D eigenvalue weighted by Crippen LogP contribution is 2.65. The Morgan fingerprint density at radius 2 is 1.64 bits per heavy atom. The highest BCUT2D eigenvalue weighted by atomic mass is 32.2. The molecule has 4 aliphatic rings. The first-order chi connectivity index (χ1) is 17.6. The normalized spacial score (nSPS) is 29.0. The zero-order valence-electron chi connectivity index (χ0n) is 19.8. The van der Waals surface area contributed by atoms with Crippen molar-refractivity contribution in [1.29, 1.82) is 0 Å². The number of amides is 2. The van der Waals surface area contributed by atoms with E-state index in [-0.39, 0.29) is 17.7 Å². The number of nitrogens with one attached hydrogen (secondary N) is 1. The third-order valence-corrected chi connectivity index (χ3v) is 9.62. The van der Waals surface area contributed by atoms with Gasteiger partial charge in [0.25, 0.3) is 5.91 Å². The lowest BCUT2D eigenvalue weighted by atomic mass is 9.72. The summed E-state index contributed by atoms with van der Waals surface area (Å²) in [6, 6.07) is 27.9. The Bertz CT molecular complexity index is 1410. The molecule has 0 aromatic heterocycles. The lowest BCUT2D eigenvalue weighted by Crippen LogP contribution is -2.62. The van der Waals surface area contributed by atoms with Gasteiger partial charge in [0, 0.05) is 29.4 Å². The van der Waals surface area contributed by atoms with Crippen LogP contribution in [0.25, 0.3) is 0 Å². The number of nitrogens with zero attached hydrogens (tertiary/aromatic N) is 4. The lowest BCUT2D eigenvalue weighted by molar-refractivity contribution is -0.138. The largest absolute Gasteiger partial charge is 0.334 e. The van der Waals surface area contributed by atoms with Crippen molar-refractivity contribution in [3.63, 3.8) is 0 Å². The van der Waals surface area contributed by atoms with E-state index >= 15 is 0 Å². The van der Waals surface area contributed by atoms with Crippen molar-refractivity contribution < 1.29 is 9.59 Å². The number of fused-ring (bicyclic) bond motifs is 4. The number of likely N-dealkylation sites (tertiary alicyclic amines) is 1. The Morgan fingerprint density at radius 1 is 0.944 bits per heavy atom. The van der Waals surface area contributed by atoms with Gasteiger partial charge < -0.3 is 10.2 Å². The minimum absolute atomic E-state index is 0.0584. The second-order valence-corrected chi connectivity index (χ2v) is 10.9. The van der Waals surface area contributed by atoms with Crippen molar-refractivity contribution in [3.05, 3.63) is 96.1 Å². The van der Waals surface area contributed by atoms with Crippen LogP contribution in [0.5, 0.6) is 0 Å². The van der Waals surface area contributed by atoms with Gasteiger partial charge in [-0.1, -0.05) is 78.5 Å². The number of likely N-dealkylation sites (N-methyl/N-ethyl adjacent to an activating group) is 1. The summed E-state index contributed by atoms with van der Waals surface area (Å²) >= 11 is 1.48. The average molecular weight is 496 g/mol. The maximum Gasteiger partial charge on any atom is 0.251 e. The minimum Gasteiger partial charge on any atom is -0.334 e. The number of anilines is 2. The third-order valence-electron chi connectivity index (χ3n) is 8.01. The Morgan fingerprint density at radius 3 is 2.42 bits per heavy atom. The van der Waals surface area contributed by atoms with Crippen molar-refractivity contribution >= 4 is 40.1 Å². The van der Waals surface area contributed by atoms with Crippen LogP contribution in [0.15, 0.2) is 89.9 Å². The van der Waals surface area contributed by atoms with Gasteiger partial charge in [-0.25, -0.2) is 4.99 Å². The second kappa shape index (κ2) is 7.69. The zero-order valence-corrected chi connectivity index (χ0v) is 20.6. The van der Waals surface area contributed by atoms with E-state index < -0.39 is 10.3 Å². The van der Waals surface area contributed by atoms with Crippen LogP contribution in [0.2, 0.25) is 0 Å². The summed E-state index contributed by atoms with van der Waals surface area (Å²) in [5, 5.41) is 3.80. The van der Waals surface area contributed by atoms with Gasteiger partial charge in [0.2, 0.25) is 5.91 Å². The molecule has 0 saturated carbocycles. The Hall–Kier alpha value is -3.62. The highest BCUT2D eigenvalue weighted by Gasteiger charge is 2.78. The highest BCUT2D eigenvalue weighted by molar-refractivity contribution is 8.16. The van der Waals surface area contributed by atoms with E-state index in [2.05, 4.69) is 27.2 Å². The van der Waals surface area contributed by atoms with Crippen LogP contribution < -0.4 is 10.2 Å². The molecular formula is C28H25N5O2S. The summed E-state index contributed by atoms with van der Waals surface area (Å²) in [7, 11) is 1.97. The van der Waals surface area contributed by atoms with Crippen LogP contribution in [-0.4, -0.2) is 58.5 Å². The molecule has 2 spiro atoms. The number of aliphatic imine (C=N–C) groups is 1. The molecule has 0 aliphatic carbocycles. The first kappa shape index (κ1) is 21.6. The number of amidine groups is 1. The van der Waals surface area contributed by atoms with Crippen molar-refractivity contribution in [3.8, 4) is 0 Å². The first-order valence-electron chi connectivity index (χ1n) is 12.1. The molecule has 0 radical (unpaired) electrons. The van der Waals surface area contributed by atoms with E-state index in [1.807, 2.05) is 79.8 Å². The number of thioether (sulfide) groups is 1. The molecule has 2 fully saturated rings. The fraction of sp³-hybridized carbons (Fsp3) is 0.250. The fourth-order valence-electron chi connectivity index (χ4n) is 6.48. The van der Waals surface area contributed by atoms with Crippen LogP contribution in [0.1, 0.15) is 17.0 Å². The topological polar surface area (TPSA) is 68.2 Å². The molecule has 8 heteroatoms. The molecule has 4 aliphatic heterocycles. The van der Waals surface area contributed by atoms with Crippen molar-refractivity contribution in [2.24, 2.45) is 4.99 Å². The molecule has 4 heterocycles. The van der Waals surface area contributed by atoms with Gasteiger partial charge in [-0.05, 0) is 30.8 Å². The molecule has 1 N–H and O–H groups in total. The van der Waals surface area contributed by atoms with Gasteiger partial charge in [-0.15, -0.1) is 0 Å². The van der Waals surface area contributed by atoms with Crippen molar-refractivity contribution in [1.82, 2.24) is 9.80 Å². The van der Waals surface area contributed by atoms with Gasteiger partial charge >= 0.3 is 0 Å². The number of rotatable bonds is 2. The summed E-state index contributed by atoms with van der Waals surface area (Å²) < 4.78 is -1.09. The van der Waals surface area contributed by atoms with Crippen molar-refractivity contribution in [2.75, 3.05) is 37.1 Å². The number of hydrogen-bond donors (Lipinski definition) is 1. The predicted octanol–water partition coefficient (Wildman–Crippen LogP) is 3.67. The van der Waals surface area contributed by atoms with Gasteiger partial charge in [0.1, 0.15) is 18.1 Å². The molecule has 3 aromatic rings. The van der Waals surface area contributed by atoms with Crippen molar-refractivity contribution in [2.45, 2.75) is 16.2 Å². The lowest BCUT2D eigenvalue weighted by Gasteiger charge is -2.41. The van der Waals surface area contributed by atoms with E-state index in [4.69, 9.17) is 4.99 Å². The zero-order chi connectivity index (χ0) is 24.5. The van der Waals surface area contributed by atoms with Gasteiger partial charge in [-0.3, -0.25) is 19.4 Å². The van der Waals surface area contributed by atoms with Gasteiger partial charge in [-0.2, -0.15) is 0 Å². The number of carbonyl (C=O) groups is 2. The average Bonchev–Trinajstić information content (AvgIpc) is 3.49. The smallest absolute Gasteiger partial charge is 0.251 e. The molecule has 0 bridgehead atoms. The molecule has 180 valence electrons. The number of benzene rings is 3. The third kappa shape index (κ3) is 2.60. The molecule has 3 atom stereocenters. The number of hydrogen-bond acceptors (Lipinski definition) is 6. The second-order valence-electron chi connectivity index (χ2n) is 9.72. The van der Waals surface area contributed by atoms with Gasteiger partial charge in [0.05, 0.1) is 0 Å². The molecule has 3 aromatic carbocycles. The summed E-state index contributed by atoms with van der Waals surface area (Å²) in [5.74, 6) is -0.403. The molecule has 3 unspecified atom stereocenters. The molecule has 2 amide bonds. The fourth-order valence-corrected chi connectivity index (χ4v) is 8.19. The molecule has 2 saturated heterocycles. The van der Waals surface area contributed by atoms with Crippen LogP contribution in [0, 0.1) is 0 Å². The maximum absolute atomic E-state index is 14.8. The monoisotopic (exact) mass is 495 g/mol. The van der Waals surface area contributed by atoms with Crippen LogP contribution in [0.4, 0.5) is 11.4 Å². The molecule has 7 rings (SSSR count). The number of para-hydroxylation sites is 2. The van der Waals surface area contributed by atoms with Crippen LogP contribution in [0.3, 0.4) is 0 Å². The summed E-state index contributed by atoms with van der Waals surface area (Å²) in [5.41, 5.74) is 2.55. The summed E-state index contributed by atoms with van der Waals surface area (Å²) in [4.78, 5) is 39.7. The first-order valence-corrected chi connectivity index (χ1v) is 12.9. The van der Waals surface area contributed by atoms with E-state index in [9.17, 15) is 9.59 Å². The van der Waals surface area contributed by atoms with E-state index in [1.165, 1.54) is 11.8 Å². The van der Waals surface area contributed by atoms with Crippen LogP contribution >= 0.6 is 11.8 Å². The Kier molecular flexibility index (Phi) is 4.62. The molecular weight excluding hydrogens is 470 g/mol. The standard InChI is InChI=1S/C28H25N5O2S/c1-31-16-22(19-10-4-2-5-11-19)28(27(31)21-14-8-9-15-23(21)30-24(27)34)25(35)33-18-32(17-29-26(33)36-28)20-12-6-3-7-13-20/h2-15,22H,16-18H2,1H3,(H,30,34). The quantitative estimate of drug-likeness (QED) is 0.588. The summed E-state index contributed by atoms with van der Waals surface area (Å²) in [6.07, 6.45) is 0. The minimum atomic E-state index is -1.15. The van der Waals surface area contributed by atoms with Crippen LogP contribution in [-0.2, 0) is 15.1 Å². The molecule has 7 nitrogen and oxygen atoms in total. The Balaban J connectivity index is 1.42. The Labute approximate surface area is 213 Å². The maximum atomic E-state index is 14.8.